The second kappa shape index (κ2) is 10.6. The first kappa shape index (κ1) is 23.9. The summed E-state index contributed by atoms with van der Waals surface area (Å²) in [5.74, 6) is -1.20. The van der Waals surface area contributed by atoms with E-state index in [0.29, 0.717) is 30.4 Å². The van der Waals surface area contributed by atoms with E-state index < -0.39 is 17.6 Å². The van der Waals surface area contributed by atoms with Crippen molar-refractivity contribution in [3.63, 3.8) is 0 Å². The maximum atomic E-state index is 13.3. The summed E-state index contributed by atoms with van der Waals surface area (Å²) in [6.07, 6.45) is -3.55. The molecule has 0 saturated heterocycles. The van der Waals surface area contributed by atoms with E-state index in [0.717, 1.165) is 0 Å². The fraction of sp³-hybridized carbons (Fsp3) is 0.368. The van der Waals surface area contributed by atoms with Crippen LogP contribution in [0.3, 0.4) is 0 Å². The van der Waals surface area contributed by atoms with Gasteiger partial charge >= 0.3 is 6.18 Å². The van der Waals surface area contributed by atoms with Gasteiger partial charge in [0.15, 0.2) is 0 Å². The minimum Gasteiger partial charge on any atom is -0.369 e. The molecule has 2 aromatic rings. The van der Waals surface area contributed by atoms with E-state index in [9.17, 15) is 22.8 Å². The summed E-state index contributed by atoms with van der Waals surface area (Å²) >= 11 is 0. The predicted octanol–water partition coefficient (Wildman–Crippen LogP) is 1.82. The molecule has 9 nitrogen and oxygen atoms in total. The first-order chi connectivity index (χ1) is 14.6. The van der Waals surface area contributed by atoms with Gasteiger partial charge < -0.3 is 26.6 Å². The standard InChI is InChI=1S/C19H24F3N7O2/c1-29(2)11-15(30)24-8-3-9-25-17-14(19(20,21)22)10-26-18(28-17)27-13-6-4-12(5-7-13)16(23)31/h4-7,10H,3,8-9,11H2,1-2H3,(H2,23,31)(H,24,30)(H2,25,26,27,28). The second-order valence-electron chi connectivity index (χ2n) is 6.89. The summed E-state index contributed by atoms with van der Waals surface area (Å²) < 4.78 is 39.9. The van der Waals surface area contributed by atoms with Crippen molar-refractivity contribution >= 4 is 29.3 Å². The molecule has 12 heteroatoms. The van der Waals surface area contributed by atoms with Gasteiger partial charge in [-0.2, -0.15) is 18.2 Å². The number of anilines is 3. The SMILES string of the molecule is CN(C)CC(=O)NCCCNc1nc(Nc2ccc(C(N)=O)cc2)ncc1C(F)(F)F. The monoisotopic (exact) mass is 439 g/mol. The van der Waals surface area contributed by atoms with Gasteiger partial charge in [-0.1, -0.05) is 0 Å². The van der Waals surface area contributed by atoms with Gasteiger partial charge in [0.25, 0.3) is 0 Å². The van der Waals surface area contributed by atoms with Crippen LogP contribution >= 0.6 is 0 Å². The van der Waals surface area contributed by atoms with E-state index in [1.165, 1.54) is 24.3 Å². The molecular weight excluding hydrogens is 415 g/mol. The quantitative estimate of drug-likeness (QED) is 0.416. The van der Waals surface area contributed by atoms with Crippen LogP contribution in [0.4, 0.5) is 30.6 Å². The Balaban J connectivity index is 2.02. The number of carbonyl (C=O) groups excluding carboxylic acids is 2. The van der Waals surface area contributed by atoms with Crippen LogP contribution in [0.25, 0.3) is 0 Å². The Morgan fingerprint density at radius 1 is 1.13 bits per heavy atom. The summed E-state index contributed by atoms with van der Waals surface area (Å²) in [5.41, 5.74) is 4.94. The van der Waals surface area contributed by atoms with E-state index in [1.807, 2.05) is 0 Å². The molecule has 2 amide bonds. The number of rotatable bonds is 10. The molecule has 0 atom stereocenters. The molecule has 0 fully saturated rings. The number of amides is 2. The summed E-state index contributed by atoms with van der Waals surface area (Å²) in [5, 5.41) is 8.11. The zero-order chi connectivity index (χ0) is 23.0. The Morgan fingerprint density at radius 2 is 1.81 bits per heavy atom. The Kier molecular flexibility index (Phi) is 8.14. The molecule has 31 heavy (non-hydrogen) atoms. The zero-order valence-electron chi connectivity index (χ0n) is 17.1. The molecule has 5 N–H and O–H groups in total. The van der Waals surface area contributed by atoms with Gasteiger partial charge in [-0.3, -0.25) is 9.59 Å². The van der Waals surface area contributed by atoms with Gasteiger partial charge in [0.2, 0.25) is 17.8 Å². The molecule has 1 aromatic carbocycles. The molecule has 0 saturated carbocycles. The van der Waals surface area contributed by atoms with Crippen molar-refractivity contribution in [3.8, 4) is 0 Å². The highest BCUT2D eigenvalue weighted by Crippen LogP contribution is 2.34. The molecule has 0 aliphatic heterocycles. The molecule has 0 spiro atoms. The van der Waals surface area contributed by atoms with E-state index in [1.54, 1.807) is 19.0 Å². The number of nitrogens with zero attached hydrogens (tertiary/aromatic N) is 3. The molecule has 0 radical (unpaired) electrons. The molecule has 0 bridgehead atoms. The van der Waals surface area contributed by atoms with Crippen molar-refractivity contribution in [2.45, 2.75) is 12.6 Å². The number of hydrogen-bond acceptors (Lipinski definition) is 7. The smallest absolute Gasteiger partial charge is 0.369 e. The summed E-state index contributed by atoms with van der Waals surface area (Å²) in [7, 11) is 3.51. The number of aromatic nitrogens is 2. The fourth-order valence-corrected chi connectivity index (χ4v) is 2.50. The minimum atomic E-state index is -4.63. The lowest BCUT2D eigenvalue weighted by atomic mass is 10.2. The van der Waals surface area contributed by atoms with Crippen molar-refractivity contribution in [2.24, 2.45) is 5.73 Å². The number of alkyl halides is 3. The second-order valence-corrected chi connectivity index (χ2v) is 6.89. The number of primary amides is 1. The van der Waals surface area contributed by atoms with E-state index in [4.69, 9.17) is 5.73 Å². The maximum Gasteiger partial charge on any atom is 0.421 e. The highest BCUT2D eigenvalue weighted by Gasteiger charge is 2.35. The minimum absolute atomic E-state index is 0.0541. The van der Waals surface area contributed by atoms with E-state index in [2.05, 4.69) is 25.9 Å². The van der Waals surface area contributed by atoms with Crippen molar-refractivity contribution in [1.29, 1.82) is 0 Å². The first-order valence-electron chi connectivity index (χ1n) is 9.32. The topological polar surface area (TPSA) is 125 Å². The van der Waals surface area contributed by atoms with Gasteiger partial charge in [-0.05, 0) is 44.8 Å². The van der Waals surface area contributed by atoms with Gasteiger partial charge in [-0.25, -0.2) is 4.98 Å². The third kappa shape index (κ3) is 7.74. The van der Waals surface area contributed by atoms with Gasteiger partial charge in [0.05, 0.1) is 6.54 Å². The van der Waals surface area contributed by atoms with Crippen LogP contribution in [0.1, 0.15) is 22.3 Å². The number of carbonyl (C=O) groups is 2. The Labute approximate surface area is 177 Å². The predicted molar refractivity (Wildman–Crippen MR) is 110 cm³/mol. The molecular formula is C19H24F3N7O2. The van der Waals surface area contributed by atoms with Crippen molar-refractivity contribution in [2.75, 3.05) is 44.4 Å². The summed E-state index contributed by atoms with van der Waals surface area (Å²) in [4.78, 5) is 32.0. The summed E-state index contributed by atoms with van der Waals surface area (Å²) in [6.45, 7) is 0.700. The van der Waals surface area contributed by atoms with Crippen LogP contribution in [0.5, 0.6) is 0 Å². The van der Waals surface area contributed by atoms with Crippen LogP contribution < -0.4 is 21.7 Å². The van der Waals surface area contributed by atoms with Gasteiger partial charge in [0, 0.05) is 30.5 Å². The van der Waals surface area contributed by atoms with E-state index >= 15 is 0 Å². The lowest BCUT2D eigenvalue weighted by molar-refractivity contribution is -0.137. The van der Waals surface area contributed by atoms with Crippen molar-refractivity contribution in [1.82, 2.24) is 20.2 Å². The van der Waals surface area contributed by atoms with Crippen LogP contribution in [0, 0.1) is 0 Å². The van der Waals surface area contributed by atoms with Crippen LogP contribution in [-0.4, -0.2) is 60.4 Å². The van der Waals surface area contributed by atoms with Gasteiger partial charge in [-0.15, -0.1) is 0 Å². The lowest BCUT2D eigenvalue weighted by Crippen LogP contribution is -2.34. The molecule has 0 aliphatic rings. The first-order valence-corrected chi connectivity index (χ1v) is 9.32. The summed E-state index contributed by atoms with van der Waals surface area (Å²) in [6, 6.07) is 6.01. The zero-order valence-corrected chi connectivity index (χ0v) is 17.1. The molecule has 2 rings (SSSR count). The van der Waals surface area contributed by atoms with Crippen LogP contribution in [0.15, 0.2) is 30.5 Å². The number of hydrogen-bond donors (Lipinski definition) is 4. The Hall–Kier alpha value is -3.41. The van der Waals surface area contributed by atoms with Crippen molar-refractivity contribution < 1.29 is 22.8 Å². The largest absolute Gasteiger partial charge is 0.421 e. The third-order valence-corrected chi connectivity index (χ3v) is 3.95. The van der Waals surface area contributed by atoms with Crippen molar-refractivity contribution in [3.05, 3.63) is 41.6 Å². The fourth-order valence-electron chi connectivity index (χ4n) is 2.50. The Morgan fingerprint density at radius 3 is 2.39 bits per heavy atom. The molecule has 168 valence electrons. The average Bonchev–Trinajstić information content (AvgIpc) is 2.67. The number of nitrogens with one attached hydrogen (secondary N) is 3. The number of halogens is 3. The van der Waals surface area contributed by atoms with E-state index in [-0.39, 0.29) is 30.8 Å². The average molecular weight is 439 g/mol. The maximum absolute atomic E-state index is 13.3. The third-order valence-electron chi connectivity index (χ3n) is 3.95. The Bertz CT molecular complexity index is 902. The number of benzene rings is 1. The number of nitrogens with two attached hydrogens (primary N) is 1. The molecule has 0 aliphatic carbocycles. The highest BCUT2D eigenvalue weighted by atomic mass is 19.4. The van der Waals surface area contributed by atoms with Gasteiger partial charge in [0.1, 0.15) is 11.4 Å². The molecule has 1 aromatic heterocycles. The number of likely N-dealkylation sites (N-methyl/N-ethyl adjacent to an activating group) is 1. The molecule has 1 heterocycles. The van der Waals surface area contributed by atoms with Crippen LogP contribution in [-0.2, 0) is 11.0 Å². The molecule has 0 unspecified atom stereocenters. The lowest BCUT2D eigenvalue weighted by Gasteiger charge is -2.15. The van der Waals surface area contributed by atoms with Crippen LogP contribution in [0.2, 0.25) is 0 Å². The normalized spacial score (nSPS) is 11.3. The highest BCUT2D eigenvalue weighted by molar-refractivity contribution is 5.93.